The molecular weight excluding hydrogens is 366 g/mol. The quantitative estimate of drug-likeness (QED) is 0.701. The van der Waals surface area contributed by atoms with E-state index in [0.29, 0.717) is 27.4 Å². The van der Waals surface area contributed by atoms with Crippen molar-refractivity contribution < 1.29 is 24.2 Å². The number of carboxylic acid groups (broad SMARTS) is 1. The Labute approximate surface area is 162 Å². The standard InChI is InChI=1S/C16H15NO4S.C4H8O/c1-9(2)15(16(19)20)22-10(3)11-4-5-13(18)12(6-11)14-7-17-8-21-14;1-2-4-5-3-1/h4-8,18H,3H2,1-2H3,(H,19,20);1-4H2. The molecule has 2 aromatic rings. The Hall–Kier alpha value is -2.51. The molecule has 0 saturated carbocycles. The SMILES string of the molecule is C1CCOC1.C=C(SC(C(=O)O)=C(C)C)c1ccc(O)c(-c2cnco2)c1. The van der Waals surface area contributed by atoms with Gasteiger partial charge in [-0.1, -0.05) is 30.0 Å². The molecule has 2 N–H and O–H groups in total. The van der Waals surface area contributed by atoms with Crippen molar-refractivity contribution in [1.29, 1.82) is 0 Å². The maximum Gasteiger partial charge on any atom is 0.342 e. The summed E-state index contributed by atoms with van der Waals surface area (Å²) in [6.07, 6.45) is 5.32. The van der Waals surface area contributed by atoms with E-state index in [1.807, 2.05) is 0 Å². The number of thioether (sulfide) groups is 1. The van der Waals surface area contributed by atoms with Crippen LogP contribution in [0.4, 0.5) is 0 Å². The second-order valence-corrected chi connectivity index (χ2v) is 7.18. The van der Waals surface area contributed by atoms with Gasteiger partial charge in [0.1, 0.15) is 5.75 Å². The van der Waals surface area contributed by atoms with E-state index in [1.54, 1.807) is 26.0 Å². The number of aliphatic carboxylic acids is 1. The second-order valence-electron chi connectivity index (χ2n) is 6.08. The number of phenolic OH excluding ortho intramolecular Hbond substituents is 1. The minimum atomic E-state index is -0.986. The van der Waals surface area contributed by atoms with Crippen LogP contribution in [0.1, 0.15) is 32.3 Å². The highest BCUT2D eigenvalue weighted by Gasteiger charge is 2.15. The van der Waals surface area contributed by atoms with Gasteiger partial charge in [0.15, 0.2) is 12.2 Å². The largest absolute Gasteiger partial charge is 0.507 e. The van der Waals surface area contributed by atoms with Gasteiger partial charge < -0.3 is 19.4 Å². The second kappa shape index (κ2) is 9.99. The summed E-state index contributed by atoms with van der Waals surface area (Å²) in [5.41, 5.74) is 1.88. The molecule has 0 radical (unpaired) electrons. The van der Waals surface area contributed by atoms with Crippen molar-refractivity contribution in [3.63, 3.8) is 0 Å². The smallest absolute Gasteiger partial charge is 0.342 e. The van der Waals surface area contributed by atoms with E-state index in [9.17, 15) is 15.0 Å². The van der Waals surface area contributed by atoms with Crippen LogP contribution in [-0.4, -0.2) is 34.4 Å². The predicted octanol–water partition coefficient (Wildman–Crippen LogP) is 4.93. The fraction of sp³-hybridized carbons (Fsp3) is 0.300. The molecule has 1 aromatic carbocycles. The zero-order valence-corrected chi connectivity index (χ0v) is 16.2. The lowest BCUT2D eigenvalue weighted by atomic mass is 10.1. The number of carbonyl (C=O) groups is 1. The number of phenols is 1. The molecule has 0 spiro atoms. The van der Waals surface area contributed by atoms with Crippen LogP contribution in [0.25, 0.3) is 16.2 Å². The highest BCUT2D eigenvalue weighted by Crippen LogP contribution is 2.38. The summed E-state index contributed by atoms with van der Waals surface area (Å²) < 4.78 is 10.1. The number of ether oxygens (including phenoxy) is 1. The van der Waals surface area contributed by atoms with Crippen LogP contribution in [0.2, 0.25) is 0 Å². The Morgan fingerprint density at radius 3 is 2.44 bits per heavy atom. The van der Waals surface area contributed by atoms with Gasteiger partial charge in [0.05, 0.1) is 16.7 Å². The molecular formula is C20H23NO5S. The van der Waals surface area contributed by atoms with E-state index < -0.39 is 5.97 Å². The zero-order chi connectivity index (χ0) is 19.8. The van der Waals surface area contributed by atoms with Gasteiger partial charge in [0.25, 0.3) is 0 Å². The molecule has 1 aliphatic heterocycles. The average Bonchev–Trinajstić information content (AvgIpc) is 3.35. The van der Waals surface area contributed by atoms with E-state index in [4.69, 9.17) is 9.15 Å². The maximum absolute atomic E-state index is 11.2. The number of benzene rings is 1. The molecule has 0 bridgehead atoms. The van der Waals surface area contributed by atoms with Crippen molar-refractivity contribution in [2.24, 2.45) is 0 Å². The van der Waals surface area contributed by atoms with Crippen molar-refractivity contribution in [3.05, 3.63) is 53.4 Å². The number of carboxylic acids is 1. The highest BCUT2D eigenvalue weighted by molar-refractivity contribution is 8.12. The van der Waals surface area contributed by atoms with Crippen LogP contribution in [0, 0.1) is 0 Å². The molecule has 144 valence electrons. The lowest BCUT2D eigenvalue weighted by Gasteiger charge is -2.10. The number of aromatic hydroxyl groups is 1. The zero-order valence-electron chi connectivity index (χ0n) is 15.4. The van der Waals surface area contributed by atoms with Gasteiger partial charge in [-0.2, -0.15) is 0 Å². The third-order valence-corrected chi connectivity index (χ3v) is 4.99. The Morgan fingerprint density at radius 2 is 1.96 bits per heavy atom. The van der Waals surface area contributed by atoms with Gasteiger partial charge in [0.2, 0.25) is 0 Å². The Kier molecular flexibility index (Phi) is 7.69. The van der Waals surface area contributed by atoms with Gasteiger partial charge in [-0.15, -0.1) is 0 Å². The minimum absolute atomic E-state index is 0.0546. The molecule has 2 heterocycles. The van der Waals surface area contributed by atoms with Gasteiger partial charge >= 0.3 is 5.97 Å². The molecule has 0 amide bonds. The lowest BCUT2D eigenvalue weighted by Crippen LogP contribution is -1.99. The molecule has 0 atom stereocenters. The molecule has 0 aliphatic carbocycles. The summed E-state index contributed by atoms with van der Waals surface area (Å²) in [6.45, 7) is 9.39. The van der Waals surface area contributed by atoms with E-state index in [1.165, 1.54) is 31.5 Å². The molecule has 1 aliphatic rings. The molecule has 7 heteroatoms. The first-order valence-corrected chi connectivity index (χ1v) is 9.29. The van der Waals surface area contributed by atoms with Crippen LogP contribution in [0.5, 0.6) is 5.75 Å². The summed E-state index contributed by atoms with van der Waals surface area (Å²) in [4.78, 5) is 15.9. The van der Waals surface area contributed by atoms with Gasteiger partial charge in [-0.3, -0.25) is 0 Å². The first kappa shape index (κ1) is 20.8. The van der Waals surface area contributed by atoms with Crippen LogP contribution in [0.15, 0.2) is 52.3 Å². The molecule has 6 nitrogen and oxygen atoms in total. The van der Waals surface area contributed by atoms with E-state index in [-0.39, 0.29) is 10.7 Å². The van der Waals surface area contributed by atoms with Crippen LogP contribution < -0.4 is 0 Å². The summed E-state index contributed by atoms with van der Waals surface area (Å²) in [5, 5.41) is 19.1. The van der Waals surface area contributed by atoms with Crippen LogP contribution >= 0.6 is 11.8 Å². The molecule has 3 rings (SSSR count). The van der Waals surface area contributed by atoms with Gasteiger partial charge in [-0.05, 0) is 44.4 Å². The average molecular weight is 389 g/mol. The maximum atomic E-state index is 11.2. The monoisotopic (exact) mass is 389 g/mol. The summed E-state index contributed by atoms with van der Waals surface area (Å²) in [5.74, 6) is -0.503. The van der Waals surface area contributed by atoms with Gasteiger partial charge in [-0.25, -0.2) is 9.78 Å². The molecule has 0 unspecified atom stereocenters. The molecule has 1 fully saturated rings. The third kappa shape index (κ3) is 6.01. The van der Waals surface area contributed by atoms with Crippen molar-refractivity contribution in [2.75, 3.05) is 13.2 Å². The summed E-state index contributed by atoms with van der Waals surface area (Å²) in [7, 11) is 0. The number of aromatic nitrogens is 1. The Bertz CT molecular complexity index is 811. The van der Waals surface area contributed by atoms with E-state index in [0.717, 1.165) is 25.0 Å². The molecule has 1 aromatic heterocycles. The first-order valence-electron chi connectivity index (χ1n) is 8.47. The van der Waals surface area contributed by atoms with Crippen molar-refractivity contribution in [2.45, 2.75) is 26.7 Å². The topological polar surface area (TPSA) is 92.8 Å². The highest BCUT2D eigenvalue weighted by atomic mass is 32.2. The Morgan fingerprint density at radius 1 is 1.26 bits per heavy atom. The fourth-order valence-corrected chi connectivity index (χ4v) is 3.09. The molecule has 1 saturated heterocycles. The van der Waals surface area contributed by atoms with Crippen molar-refractivity contribution in [3.8, 4) is 17.1 Å². The number of rotatable bonds is 5. The van der Waals surface area contributed by atoms with Crippen molar-refractivity contribution in [1.82, 2.24) is 4.98 Å². The van der Waals surface area contributed by atoms with Crippen LogP contribution in [-0.2, 0) is 9.53 Å². The van der Waals surface area contributed by atoms with Gasteiger partial charge in [0, 0.05) is 18.1 Å². The third-order valence-electron chi connectivity index (χ3n) is 3.72. The fourth-order valence-electron chi connectivity index (χ4n) is 2.31. The lowest BCUT2D eigenvalue weighted by molar-refractivity contribution is -0.131. The van der Waals surface area contributed by atoms with Crippen LogP contribution in [0.3, 0.4) is 0 Å². The number of oxazole rings is 1. The minimum Gasteiger partial charge on any atom is -0.507 e. The Balaban J connectivity index is 0.000000451. The number of hydrogen-bond acceptors (Lipinski definition) is 6. The number of hydrogen-bond donors (Lipinski definition) is 2. The number of nitrogens with zero attached hydrogens (tertiary/aromatic N) is 1. The molecule has 27 heavy (non-hydrogen) atoms. The summed E-state index contributed by atoms with van der Waals surface area (Å²) >= 11 is 1.08. The van der Waals surface area contributed by atoms with E-state index >= 15 is 0 Å². The first-order chi connectivity index (χ1) is 12.9. The number of allylic oxidation sites excluding steroid dienone is 1. The van der Waals surface area contributed by atoms with E-state index in [2.05, 4.69) is 11.6 Å². The predicted molar refractivity (Wildman–Crippen MR) is 106 cm³/mol. The van der Waals surface area contributed by atoms with Crippen molar-refractivity contribution >= 4 is 22.6 Å². The summed E-state index contributed by atoms with van der Waals surface area (Å²) in [6, 6.07) is 4.88. The normalized spacial score (nSPS) is 12.8.